The summed E-state index contributed by atoms with van der Waals surface area (Å²) in [4.78, 5) is 5.31. The first-order valence-electron chi connectivity index (χ1n) is 19.6. The van der Waals surface area contributed by atoms with Crippen molar-refractivity contribution < 1.29 is 0 Å². The van der Waals surface area contributed by atoms with Crippen LogP contribution in [0, 0.1) is 5.92 Å². The summed E-state index contributed by atoms with van der Waals surface area (Å²) < 4.78 is 4.80. The first kappa shape index (κ1) is 33.0. The van der Waals surface area contributed by atoms with E-state index in [0.29, 0.717) is 5.69 Å². The number of hydrogen-bond donors (Lipinski definition) is 1. The Bertz CT molecular complexity index is 3350. The van der Waals surface area contributed by atoms with Crippen molar-refractivity contribution in [2.45, 2.75) is 6.42 Å². The molecule has 57 heavy (non-hydrogen) atoms. The van der Waals surface area contributed by atoms with Crippen LogP contribution in [0.5, 0.6) is 0 Å². The van der Waals surface area contributed by atoms with Crippen LogP contribution in [0.25, 0.3) is 87.7 Å². The lowest BCUT2D eigenvalue weighted by molar-refractivity contribution is 0.852. The number of nitrogens with two attached hydrogens (primary N) is 1. The van der Waals surface area contributed by atoms with Gasteiger partial charge in [0.25, 0.3) is 0 Å². The molecule has 1 aliphatic carbocycles. The molecule has 11 rings (SSSR count). The maximum absolute atomic E-state index is 6.90. The maximum Gasteiger partial charge on any atom is 0.0947 e. The molecule has 4 heteroatoms. The lowest BCUT2D eigenvalue weighted by atomic mass is 9.92. The van der Waals surface area contributed by atoms with Crippen molar-refractivity contribution >= 4 is 87.9 Å². The number of rotatable bonds is 6. The van der Waals surface area contributed by atoms with Crippen molar-refractivity contribution in [1.82, 2.24) is 9.13 Å². The molecule has 1 aliphatic rings. The van der Waals surface area contributed by atoms with Crippen molar-refractivity contribution in [3.05, 3.63) is 195 Å². The minimum atomic E-state index is 0.0207. The number of nitrogens with zero attached hydrogens (tertiary/aromatic N) is 3. The number of nitrogen functional groups attached to an aromatic ring is 1. The molecule has 8 aromatic carbocycles. The first-order chi connectivity index (χ1) is 28.2. The molecule has 2 heterocycles. The van der Waals surface area contributed by atoms with Gasteiger partial charge in [-0.25, -0.2) is 4.99 Å². The third-order valence-corrected chi connectivity index (χ3v) is 11.8. The number of allylic oxidation sites excluding steroid dienone is 5. The summed E-state index contributed by atoms with van der Waals surface area (Å²) in [5.41, 5.74) is 18.8. The number of aliphatic imine (C=N–C) groups is 1. The molecule has 0 aliphatic heterocycles. The standard InChI is InChI=1S/C53H38N4/c1-2-47(55-53-44-24-9-7-20-40(44)39-19-6-8-23-43(39)52(53)54)36-15-14-18-38(31-36)57-49-26-13-11-22-42(49)46-33-35(28-30-51(46)57)34-27-29-50-45(32-34)41-21-10-12-25-48(41)56(50)37-16-4-3-5-17-37/h2-30,32-33,36H,1,31,54H2/b55-47+/t36-/m0/s1. The smallest absolute Gasteiger partial charge is 0.0947 e. The highest BCUT2D eigenvalue weighted by Crippen LogP contribution is 2.43. The predicted octanol–water partition coefficient (Wildman–Crippen LogP) is 13.8. The minimum absolute atomic E-state index is 0.0207. The minimum Gasteiger partial charge on any atom is -0.396 e. The summed E-state index contributed by atoms with van der Waals surface area (Å²) in [5.74, 6) is 0.0207. The van der Waals surface area contributed by atoms with Gasteiger partial charge in [0.2, 0.25) is 0 Å². The Morgan fingerprint density at radius 1 is 0.544 bits per heavy atom. The van der Waals surface area contributed by atoms with Crippen LogP contribution in [0.15, 0.2) is 200 Å². The molecule has 0 saturated carbocycles. The van der Waals surface area contributed by atoms with E-state index in [-0.39, 0.29) is 5.92 Å². The molecule has 270 valence electrons. The van der Waals surface area contributed by atoms with Crippen molar-refractivity contribution in [3.8, 4) is 16.8 Å². The Hall–Kier alpha value is -7.43. The second-order valence-electron chi connectivity index (χ2n) is 15.0. The fourth-order valence-corrected chi connectivity index (χ4v) is 9.18. The molecule has 10 aromatic rings. The topological polar surface area (TPSA) is 48.2 Å². The normalized spacial score (nSPS) is 14.7. The second-order valence-corrected chi connectivity index (χ2v) is 15.0. The quantitative estimate of drug-likeness (QED) is 0.103. The third kappa shape index (κ3) is 5.18. The lowest BCUT2D eigenvalue weighted by Crippen LogP contribution is -2.14. The Kier molecular flexibility index (Phi) is 7.58. The lowest BCUT2D eigenvalue weighted by Gasteiger charge is -2.22. The van der Waals surface area contributed by atoms with E-state index in [4.69, 9.17) is 10.7 Å². The van der Waals surface area contributed by atoms with Gasteiger partial charge in [0.15, 0.2) is 0 Å². The van der Waals surface area contributed by atoms with Gasteiger partial charge in [-0.2, -0.15) is 0 Å². The monoisotopic (exact) mass is 730 g/mol. The molecule has 0 amide bonds. The molecule has 0 unspecified atom stereocenters. The van der Waals surface area contributed by atoms with Gasteiger partial charge in [-0.15, -0.1) is 0 Å². The Labute approximate surface area is 330 Å². The molecule has 2 aromatic heterocycles. The average Bonchev–Trinajstić information content (AvgIpc) is 3.79. The highest BCUT2D eigenvalue weighted by atomic mass is 15.0. The third-order valence-electron chi connectivity index (χ3n) is 11.8. The van der Waals surface area contributed by atoms with Crippen molar-refractivity contribution in [3.63, 3.8) is 0 Å². The van der Waals surface area contributed by atoms with Gasteiger partial charge in [0.05, 0.1) is 33.4 Å². The fourth-order valence-electron chi connectivity index (χ4n) is 9.18. The van der Waals surface area contributed by atoms with E-state index >= 15 is 0 Å². The summed E-state index contributed by atoms with van der Waals surface area (Å²) in [7, 11) is 0. The molecule has 0 bridgehead atoms. The van der Waals surface area contributed by atoms with Gasteiger partial charge in [0.1, 0.15) is 0 Å². The van der Waals surface area contributed by atoms with Gasteiger partial charge in [-0.3, -0.25) is 0 Å². The maximum atomic E-state index is 6.90. The summed E-state index contributed by atoms with van der Waals surface area (Å²) in [5, 5.41) is 9.31. The summed E-state index contributed by atoms with van der Waals surface area (Å²) >= 11 is 0. The number of aromatic nitrogens is 2. The van der Waals surface area contributed by atoms with E-state index in [0.717, 1.165) is 45.1 Å². The largest absolute Gasteiger partial charge is 0.396 e. The highest BCUT2D eigenvalue weighted by molar-refractivity contribution is 6.20. The van der Waals surface area contributed by atoms with Crippen LogP contribution in [0.2, 0.25) is 0 Å². The van der Waals surface area contributed by atoms with Gasteiger partial charge in [-0.05, 0) is 89.0 Å². The molecular formula is C53H38N4. The fraction of sp³-hybridized carbons (Fsp3) is 0.0377. The molecule has 0 radical (unpaired) electrons. The molecule has 1 atom stereocenters. The van der Waals surface area contributed by atoms with E-state index in [1.54, 1.807) is 0 Å². The second kappa shape index (κ2) is 13.1. The molecule has 0 saturated heterocycles. The Morgan fingerprint density at radius 2 is 1.05 bits per heavy atom. The zero-order valence-corrected chi connectivity index (χ0v) is 31.3. The Morgan fingerprint density at radius 3 is 1.70 bits per heavy atom. The van der Waals surface area contributed by atoms with E-state index in [1.165, 1.54) is 60.4 Å². The summed E-state index contributed by atoms with van der Waals surface area (Å²) in [6, 6.07) is 58.7. The first-order valence-corrected chi connectivity index (χ1v) is 19.6. The van der Waals surface area contributed by atoms with E-state index in [2.05, 4.69) is 192 Å². The predicted molar refractivity (Wildman–Crippen MR) is 244 cm³/mol. The number of benzene rings is 8. The summed E-state index contributed by atoms with van der Waals surface area (Å²) in [6.45, 7) is 4.25. The van der Waals surface area contributed by atoms with Crippen LogP contribution >= 0.6 is 0 Å². The average molecular weight is 731 g/mol. The van der Waals surface area contributed by atoms with Crippen LogP contribution < -0.4 is 5.73 Å². The van der Waals surface area contributed by atoms with Crippen LogP contribution in [0.3, 0.4) is 0 Å². The van der Waals surface area contributed by atoms with E-state index in [1.807, 2.05) is 12.1 Å². The molecular weight excluding hydrogens is 693 g/mol. The van der Waals surface area contributed by atoms with Gasteiger partial charge in [-0.1, -0.05) is 134 Å². The number of hydrogen-bond acceptors (Lipinski definition) is 2. The van der Waals surface area contributed by atoms with Gasteiger partial charge >= 0.3 is 0 Å². The molecule has 0 fully saturated rings. The van der Waals surface area contributed by atoms with Crippen molar-refractivity contribution in [1.29, 1.82) is 0 Å². The van der Waals surface area contributed by atoms with Crippen LogP contribution in [-0.2, 0) is 0 Å². The molecule has 4 nitrogen and oxygen atoms in total. The van der Waals surface area contributed by atoms with Crippen molar-refractivity contribution in [2.24, 2.45) is 10.9 Å². The van der Waals surface area contributed by atoms with Crippen LogP contribution in [-0.4, -0.2) is 14.8 Å². The van der Waals surface area contributed by atoms with Gasteiger partial charge < -0.3 is 14.9 Å². The zero-order chi connectivity index (χ0) is 38.0. The number of para-hydroxylation sites is 3. The van der Waals surface area contributed by atoms with Crippen LogP contribution in [0.4, 0.5) is 11.4 Å². The van der Waals surface area contributed by atoms with E-state index in [9.17, 15) is 0 Å². The van der Waals surface area contributed by atoms with Crippen molar-refractivity contribution in [2.75, 3.05) is 5.73 Å². The summed E-state index contributed by atoms with van der Waals surface area (Å²) in [6.07, 6.45) is 9.31. The molecule has 0 spiro atoms. The zero-order valence-electron chi connectivity index (χ0n) is 31.3. The van der Waals surface area contributed by atoms with E-state index < -0.39 is 0 Å². The molecule has 2 N–H and O–H groups in total. The highest BCUT2D eigenvalue weighted by Gasteiger charge is 2.22. The Balaban J connectivity index is 0.999. The van der Waals surface area contributed by atoms with Gasteiger partial charge in [0, 0.05) is 55.3 Å². The number of anilines is 1. The van der Waals surface area contributed by atoms with Crippen LogP contribution in [0.1, 0.15) is 6.42 Å². The SMILES string of the molecule is C=C/C(=N\c1c(N)c2ccccc2c2ccccc12)[C@H]1C=CC=C(n2c3ccccc3c3cc(-c4ccc5c(c4)c4ccccc4n5-c4ccccc4)ccc32)C1. The number of fused-ring (bicyclic) bond motifs is 9.